The minimum atomic E-state index is -0.445. The van der Waals surface area contributed by atoms with Crippen molar-refractivity contribution in [3.8, 4) is 6.07 Å². The summed E-state index contributed by atoms with van der Waals surface area (Å²) < 4.78 is 12.9. The molecule has 1 unspecified atom stereocenters. The number of halogens is 1. The van der Waals surface area contributed by atoms with E-state index in [4.69, 9.17) is 0 Å². The number of rotatable bonds is 3. The molecule has 0 heterocycles. The van der Waals surface area contributed by atoms with E-state index in [-0.39, 0.29) is 5.82 Å². The maximum absolute atomic E-state index is 12.9. The number of nitrogens with one attached hydrogen (secondary N) is 1. The zero-order valence-corrected chi connectivity index (χ0v) is 11.9. The quantitative estimate of drug-likeness (QED) is 0.894. The van der Waals surface area contributed by atoms with Crippen LogP contribution in [0.4, 0.5) is 10.1 Å². The zero-order valence-electron chi connectivity index (χ0n) is 11.9. The van der Waals surface area contributed by atoms with E-state index in [9.17, 15) is 9.65 Å². The van der Waals surface area contributed by atoms with Crippen LogP contribution in [0.5, 0.6) is 0 Å². The number of hydrogen-bond acceptors (Lipinski definition) is 2. The summed E-state index contributed by atoms with van der Waals surface area (Å²) in [6.07, 6.45) is 0. The molecule has 20 heavy (non-hydrogen) atoms. The molecule has 0 aliphatic carbocycles. The highest BCUT2D eigenvalue weighted by atomic mass is 19.1. The number of hydrogen-bond donors (Lipinski definition) is 1. The lowest BCUT2D eigenvalue weighted by Gasteiger charge is -2.17. The second kappa shape index (κ2) is 5.75. The second-order valence-electron chi connectivity index (χ2n) is 5.01. The molecule has 102 valence electrons. The van der Waals surface area contributed by atoms with Gasteiger partial charge in [0.05, 0.1) is 6.07 Å². The average Bonchev–Trinajstić information content (AvgIpc) is 2.43. The third-order valence-corrected chi connectivity index (χ3v) is 3.48. The molecule has 0 aliphatic rings. The molecule has 1 atom stereocenters. The van der Waals surface area contributed by atoms with E-state index in [2.05, 4.69) is 24.4 Å². The van der Waals surface area contributed by atoms with Gasteiger partial charge in [-0.3, -0.25) is 0 Å². The van der Waals surface area contributed by atoms with Gasteiger partial charge in [0.15, 0.2) is 0 Å². The number of nitriles is 1. The fraction of sp³-hybridized carbons (Fsp3) is 0.235. The Kier molecular flexibility index (Phi) is 4.05. The Bertz CT molecular complexity index is 654. The molecule has 0 saturated carbocycles. The number of aryl methyl sites for hydroxylation is 3. The van der Waals surface area contributed by atoms with Gasteiger partial charge in [-0.25, -0.2) is 4.39 Å². The Morgan fingerprint density at radius 1 is 1.00 bits per heavy atom. The third kappa shape index (κ3) is 2.97. The molecule has 2 nitrogen and oxygen atoms in total. The molecule has 0 spiro atoms. The van der Waals surface area contributed by atoms with E-state index < -0.39 is 6.04 Å². The minimum absolute atomic E-state index is 0.286. The van der Waals surface area contributed by atoms with Crippen LogP contribution in [-0.2, 0) is 0 Å². The SMILES string of the molecule is Cc1cc(C)c(C(C#N)Nc2ccc(F)cc2)cc1C. The number of benzene rings is 2. The molecule has 0 saturated heterocycles. The van der Waals surface area contributed by atoms with Crippen LogP contribution in [0.1, 0.15) is 28.3 Å². The van der Waals surface area contributed by atoms with E-state index in [0.29, 0.717) is 0 Å². The second-order valence-corrected chi connectivity index (χ2v) is 5.01. The molecule has 0 fully saturated rings. The molecular formula is C17H17FN2. The van der Waals surface area contributed by atoms with E-state index in [1.807, 2.05) is 19.9 Å². The Morgan fingerprint density at radius 2 is 1.60 bits per heavy atom. The van der Waals surface area contributed by atoms with E-state index in [1.54, 1.807) is 12.1 Å². The summed E-state index contributed by atoms with van der Waals surface area (Å²) in [6, 6.07) is 12.0. The van der Waals surface area contributed by atoms with Gasteiger partial charge in [-0.2, -0.15) is 5.26 Å². The first kappa shape index (κ1) is 14.1. The normalized spacial score (nSPS) is 11.8. The predicted octanol–water partition coefficient (Wildman–Crippen LogP) is 4.43. The van der Waals surface area contributed by atoms with Crippen LogP contribution in [0.15, 0.2) is 36.4 Å². The monoisotopic (exact) mass is 268 g/mol. The van der Waals surface area contributed by atoms with Crippen molar-refractivity contribution in [3.05, 3.63) is 64.5 Å². The topological polar surface area (TPSA) is 35.8 Å². The number of anilines is 1. The van der Waals surface area contributed by atoms with E-state index in [1.165, 1.54) is 17.7 Å². The standard InChI is InChI=1S/C17H17FN2/c1-11-8-13(3)16(9-12(11)2)17(10-19)20-15-6-4-14(18)5-7-15/h4-9,17,20H,1-3H3. The summed E-state index contributed by atoms with van der Waals surface area (Å²) in [7, 11) is 0. The van der Waals surface area contributed by atoms with Crippen LogP contribution in [0.3, 0.4) is 0 Å². The average molecular weight is 268 g/mol. The van der Waals surface area contributed by atoms with Crippen LogP contribution in [0.25, 0.3) is 0 Å². The zero-order chi connectivity index (χ0) is 14.7. The summed E-state index contributed by atoms with van der Waals surface area (Å²) in [5.41, 5.74) is 5.14. The van der Waals surface area contributed by atoms with Crippen molar-refractivity contribution in [1.82, 2.24) is 0 Å². The van der Waals surface area contributed by atoms with Crippen LogP contribution < -0.4 is 5.32 Å². The Hall–Kier alpha value is -2.34. The van der Waals surface area contributed by atoms with Gasteiger partial charge >= 0.3 is 0 Å². The minimum Gasteiger partial charge on any atom is -0.366 e. The van der Waals surface area contributed by atoms with Gasteiger partial charge in [0.1, 0.15) is 11.9 Å². The van der Waals surface area contributed by atoms with Crippen molar-refractivity contribution in [2.45, 2.75) is 26.8 Å². The smallest absolute Gasteiger partial charge is 0.140 e. The molecule has 0 aromatic heterocycles. The first-order valence-electron chi connectivity index (χ1n) is 6.50. The first-order chi connectivity index (χ1) is 9.51. The largest absolute Gasteiger partial charge is 0.366 e. The third-order valence-electron chi connectivity index (χ3n) is 3.48. The Labute approximate surface area is 118 Å². The van der Waals surface area contributed by atoms with Gasteiger partial charge < -0.3 is 5.32 Å². The van der Waals surface area contributed by atoms with Crippen molar-refractivity contribution in [2.75, 3.05) is 5.32 Å². The summed E-state index contributed by atoms with van der Waals surface area (Å²) in [4.78, 5) is 0. The molecule has 3 heteroatoms. The molecule has 0 aliphatic heterocycles. The van der Waals surface area contributed by atoms with Crippen molar-refractivity contribution >= 4 is 5.69 Å². The molecule has 0 amide bonds. The van der Waals surface area contributed by atoms with Gasteiger partial charge in [0, 0.05) is 5.69 Å². The van der Waals surface area contributed by atoms with Crippen molar-refractivity contribution < 1.29 is 4.39 Å². The molecule has 2 aromatic rings. The molecule has 0 bridgehead atoms. The van der Waals surface area contributed by atoms with Crippen LogP contribution in [0, 0.1) is 37.9 Å². The van der Waals surface area contributed by atoms with Gasteiger partial charge in [-0.1, -0.05) is 12.1 Å². The highest BCUT2D eigenvalue weighted by molar-refractivity contribution is 5.50. The highest BCUT2D eigenvalue weighted by Gasteiger charge is 2.14. The van der Waals surface area contributed by atoms with Gasteiger partial charge in [-0.05, 0) is 67.3 Å². The summed E-state index contributed by atoms with van der Waals surface area (Å²) >= 11 is 0. The lowest BCUT2D eigenvalue weighted by atomic mass is 9.96. The summed E-state index contributed by atoms with van der Waals surface area (Å²) in [5, 5.41) is 12.5. The maximum Gasteiger partial charge on any atom is 0.140 e. The lowest BCUT2D eigenvalue weighted by molar-refractivity contribution is 0.628. The van der Waals surface area contributed by atoms with Crippen LogP contribution in [0.2, 0.25) is 0 Å². The Morgan fingerprint density at radius 3 is 2.20 bits per heavy atom. The van der Waals surface area contributed by atoms with Crippen molar-refractivity contribution in [1.29, 1.82) is 5.26 Å². The summed E-state index contributed by atoms with van der Waals surface area (Å²) in [5.74, 6) is -0.286. The van der Waals surface area contributed by atoms with Crippen LogP contribution >= 0.6 is 0 Å². The van der Waals surface area contributed by atoms with Gasteiger partial charge in [-0.15, -0.1) is 0 Å². The van der Waals surface area contributed by atoms with Crippen molar-refractivity contribution in [2.24, 2.45) is 0 Å². The summed E-state index contributed by atoms with van der Waals surface area (Å²) in [6.45, 7) is 6.09. The van der Waals surface area contributed by atoms with E-state index >= 15 is 0 Å². The molecule has 1 N–H and O–H groups in total. The first-order valence-corrected chi connectivity index (χ1v) is 6.50. The molecule has 2 rings (SSSR count). The van der Waals surface area contributed by atoms with Gasteiger partial charge in [0.25, 0.3) is 0 Å². The predicted molar refractivity (Wildman–Crippen MR) is 79.0 cm³/mol. The van der Waals surface area contributed by atoms with Crippen LogP contribution in [-0.4, -0.2) is 0 Å². The van der Waals surface area contributed by atoms with E-state index in [0.717, 1.165) is 22.4 Å². The molecule has 0 radical (unpaired) electrons. The molecule has 2 aromatic carbocycles. The van der Waals surface area contributed by atoms with Gasteiger partial charge in [0.2, 0.25) is 0 Å². The highest BCUT2D eigenvalue weighted by Crippen LogP contribution is 2.25. The fourth-order valence-electron chi connectivity index (χ4n) is 2.19. The maximum atomic E-state index is 12.9. The fourth-order valence-corrected chi connectivity index (χ4v) is 2.19. The molecular weight excluding hydrogens is 251 g/mol. The van der Waals surface area contributed by atoms with Crippen molar-refractivity contribution in [3.63, 3.8) is 0 Å². The number of nitrogens with zero attached hydrogens (tertiary/aromatic N) is 1. The lowest BCUT2D eigenvalue weighted by Crippen LogP contribution is -2.10. The Balaban J connectivity index is 2.31.